The van der Waals surface area contributed by atoms with Gasteiger partial charge in [-0.3, -0.25) is 0 Å². The summed E-state index contributed by atoms with van der Waals surface area (Å²) >= 11 is 4.23. The predicted octanol–water partition coefficient (Wildman–Crippen LogP) is 11.1. The van der Waals surface area contributed by atoms with Crippen molar-refractivity contribution in [3.8, 4) is 0 Å². The zero-order valence-corrected chi connectivity index (χ0v) is 34.9. The first-order valence-electron chi connectivity index (χ1n) is 18.3. The van der Waals surface area contributed by atoms with E-state index in [1.807, 2.05) is 30.3 Å². The molecule has 0 saturated carbocycles. The molecule has 9 rings (SSSR count). The molecule has 1 heterocycles. The number of allylic oxidation sites excluding steroid dienone is 3. The van der Waals surface area contributed by atoms with Gasteiger partial charge in [0.15, 0.2) is 0 Å². The van der Waals surface area contributed by atoms with Crippen LogP contribution < -0.4 is 31.8 Å². The number of hydrogen-bond donors (Lipinski definition) is 0. The van der Waals surface area contributed by atoms with Gasteiger partial charge in [-0.15, -0.1) is 0 Å². The number of hydrogen-bond acceptors (Lipinski definition) is 1. The van der Waals surface area contributed by atoms with E-state index in [0.29, 0.717) is 0 Å². The molecule has 0 unspecified atom stereocenters. The average molecular weight is 851 g/mol. The topological polar surface area (TPSA) is 0 Å². The molecule has 0 spiro atoms. The molecule has 0 aliphatic heterocycles. The normalized spacial score (nSPS) is 11.5. The largest absolute Gasteiger partial charge is 0.214 e. The summed E-state index contributed by atoms with van der Waals surface area (Å²) in [7, 11) is -0.892. The van der Waals surface area contributed by atoms with Crippen LogP contribution in [0.2, 0.25) is 0 Å². The van der Waals surface area contributed by atoms with Crippen molar-refractivity contribution < 1.29 is 17.9 Å². The van der Waals surface area contributed by atoms with Gasteiger partial charge in [0, 0.05) is 0 Å². The molecule has 8 aromatic rings. The molecule has 0 nitrogen and oxygen atoms in total. The molecule has 1 aliphatic rings. The Bertz CT molecular complexity index is 1960. The molecule has 0 bridgehead atoms. The van der Waals surface area contributed by atoms with Crippen molar-refractivity contribution in [3.63, 3.8) is 0 Å². The molecule has 4 heteroatoms. The number of benzene rings is 6. The zero-order chi connectivity index (χ0) is 37.8. The minimum absolute atomic E-state index is 0.446. The summed E-state index contributed by atoms with van der Waals surface area (Å²) in [5, 5.41) is 12.7. The molecule has 0 radical (unpaired) electrons. The molecule has 7 aromatic carbocycles. The van der Waals surface area contributed by atoms with Crippen LogP contribution >= 0.6 is 27.2 Å². The van der Waals surface area contributed by atoms with Crippen molar-refractivity contribution in [2.75, 3.05) is 0 Å². The molecule has 55 heavy (non-hydrogen) atoms. The number of rotatable bonds is 7. The molecule has 0 fully saturated rings. The SMILES string of the molecule is [Ru+]=[C]=C1CCC=C1c1ccsc1.c1cc[cH-]c1.c1ccc(P(c2ccccc2)c2ccccc2)cc1.c1ccc(P(c2ccccc2)c2ccccc2)cc1. The quantitative estimate of drug-likeness (QED) is 0.0851. The molecule has 271 valence electrons. The Labute approximate surface area is 343 Å². The third kappa shape index (κ3) is 12.1. The van der Waals surface area contributed by atoms with E-state index in [0.717, 1.165) is 6.42 Å². The van der Waals surface area contributed by atoms with E-state index in [2.05, 4.69) is 227 Å². The molecule has 0 saturated heterocycles. The van der Waals surface area contributed by atoms with Crippen molar-refractivity contribution in [2.24, 2.45) is 0 Å². The van der Waals surface area contributed by atoms with Crippen molar-refractivity contribution in [3.05, 3.63) is 246 Å². The predicted molar refractivity (Wildman–Crippen MR) is 242 cm³/mol. The van der Waals surface area contributed by atoms with Gasteiger partial charge in [0.05, 0.1) is 0 Å². The van der Waals surface area contributed by atoms with Crippen LogP contribution in [-0.2, 0) is 17.9 Å². The second-order valence-electron chi connectivity index (χ2n) is 12.4. The van der Waals surface area contributed by atoms with Crippen LogP contribution in [0.15, 0.2) is 241 Å². The second-order valence-corrected chi connectivity index (χ2v) is 18.0. The first-order chi connectivity index (χ1) is 27.3. The molecule has 0 amide bonds. The standard InChI is InChI=1S/2C18H15P.C10H8S.C5H5.Ru/c2*1-4-10-16(11-5-1)19(17-12-6-2-7-13-17)18-14-8-3-9-15-18;1-8-3-2-4-10(8)9-5-6-11-7-9;1-2-4-5-3-1;/h2*1-15H;4-7H,2-3H2;1-5H;/q;;;-1;+1. The summed E-state index contributed by atoms with van der Waals surface area (Å²) in [6, 6.07) is 76.8. The summed E-state index contributed by atoms with van der Waals surface area (Å²) in [4.78, 5) is 0. The molecule has 0 N–H and O–H groups in total. The first-order valence-corrected chi connectivity index (χ1v) is 22.8. The monoisotopic (exact) mass is 851 g/mol. The maximum Gasteiger partial charge on any atom is -0.0134 e. The Hall–Kier alpha value is -4.76. The van der Waals surface area contributed by atoms with Crippen LogP contribution in [0.4, 0.5) is 0 Å². The summed E-state index contributed by atoms with van der Waals surface area (Å²) in [5.74, 6) is 0. The fraction of sp³-hybridized carbons (Fsp3) is 0.0392. The van der Waals surface area contributed by atoms with Crippen molar-refractivity contribution in [1.29, 1.82) is 0 Å². The smallest absolute Gasteiger partial charge is 0.0134 e. The Morgan fingerprint density at radius 3 is 1.05 bits per heavy atom. The van der Waals surface area contributed by atoms with Crippen LogP contribution in [0, 0.1) is 0 Å². The van der Waals surface area contributed by atoms with E-state index < -0.39 is 15.8 Å². The zero-order valence-electron chi connectivity index (χ0n) is 30.6. The molecule has 1 aromatic heterocycles. The van der Waals surface area contributed by atoms with Crippen LogP contribution in [0.1, 0.15) is 18.4 Å². The molecular weight excluding hydrogens is 808 g/mol. The van der Waals surface area contributed by atoms with E-state index in [1.165, 1.54) is 55.0 Å². The second kappa shape index (κ2) is 22.6. The third-order valence-electron chi connectivity index (χ3n) is 8.65. The van der Waals surface area contributed by atoms with E-state index in [1.54, 1.807) is 11.3 Å². The van der Waals surface area contributed by atoms with Crippen LogP contribution in [0.25, 0.3) is 5.57 Å². The van der Waals surface area contributed by atoms with E-state index in [9.17, 15) is 0 Å². The van der Waals surface area contributed by atoms with Gasteiger partial charge >= 0.3 is 85.9 Å². The Balaban J connectivity index is 0.000000134. The van der Waals surface area contributed by atoms with Crippen LogP contribution in [0.5, 0.6) is 0 Å². The van der Waals surface area contributed by atoms with Crippen molar-refractivity contribution >= 4 is 68.8 Å². The van der Waals surface area contributed by atoms with Gasteiger partial charge in [-0.1, -0.05) is 182 Å². The fourth-order valence-electron chi connectivity index (χ4n) is 6.10. The Kier molecular flexibility index (Phi) is 16.4. The summed E-state index contributed by atoms with van der Waals surface area (Å²) < 4.78 is 3.19. The van der Waals surface area contributed by atoms with Gasteiger partial charge in [0.25, 0.3) is 0 Å². The third-order valence-corrected chi connectivity index (χ3v) is 14.7. The van der Waals surface area contributed by atoms with E-state index >= 15 is 0 Å². The van der Waals surface area contributed by atoms with Gasteiger partial charge in [0.1, 0.15) is 0 Å². The van der Waals surface area contributed by atoms with Gasteiger partial charge in [0.2, 0.25) is 0 Å². The minimum atomic E-state index is -0.446. The van der Waals surface area contributed by atoms with Crippen molar-refractivity contribution in [2.45, 2.75) is 12.8 Å². The van der Waals surface area contributed by atoms with E-state index in [-0.39, 0.29) is 0 Å². The van der Waals surface area contributed by atoms with Crippen LogP contribution in [0.3, 0.4) is 0 Å². The summed E-state index contributed by atoms with van der Waals surface area (Å²) in [5.41, 5.74) is 4.09. The van der Waals surface area contributed by atoms with Gasteiger partial charge in [-0.25, -0.2) is 12.1 Å². The van der Waals surface area contributed by atoms with Crippen LogP contribution in [-0.4, -0.2) is 4.26 Å². The minimum Gasteiger partial charge on any atom is -0.214 e. The molecule has 0 atom stereocenters. The average Bonchev–Trinajstić information content (AvgIpc) is 4.10. The maximum atomic E-state index is 3.19. The first kappa shape index (κ1) is 39.9. The molecule has 1 aliphatic carbocycles. The molecular formula is C51H43P2RuS. The van der Waals surface area contributed by atoms with Crippen molar-refractivity contribution in [1.82, 2.24) is 0 Å². The number of thiophene rings is 1. The Morgan fingerprint density at radius 1 is 0.455 bits per heavy atom. The van der Waals surface area contributed by atoms with Gasteiger partial charge in [-0.05, 0) is 47.7 Å². The van der Waals surface area contributed by atoms with E-state index in [4.69, 9.17) is 0 Å². The Morgan fingerprint density at radius 2 is 0.800 bits per heavy atom. The maximum absolute atomic E-state index is 3.19. The van der Waals surface area contributed by atoms with Gasteiger partial charge < -0.3 is 0 Å². The summed E-state index contributed by atoms with van der Waals surface area (Å²) in [6.07, 6.45) is 4.62. The van der Waals surface area contributed by atoms with Gasteiger partial charge in [-0.2, -0.15) is 18.2 Å². The summed E-state index contributed by atoms with van der Waals surface area (Å²) in [6.45, 7) is 0. The fourth-order valence-corrected chi connectivity index (χ4v) is 11.8.